The molecular weight excluding hydrogens is 390 g/mol. The molecule has 0 aliphatic carbocycles. The third-order valence-corrected chi connectivity index (χ3v) is 4.25. The molecule has 0 radical (unpaired) electrons. The van der Waals surface area contributed by atoms with E-state index in [0.29, 0.717) is 17.0 Å². The highest BCUT2D eigenvalue weighted by molar-refractivity contribution is 7.91. The van der Waals surface area contributed by atoms with Crippen LogP contribution in [-0.4, -0.2) is 65.2 Å². The number of phenolic OH excluding ortho intramolecular Hbond substituents is 2. The van der Waals surface area contributed by atoms with Gasteiger partial charge in [0, 0.05) is 6.07 Å². The quantitative estimate of drug-likeness (QED) is 0.164. The molecule has 27 heavy (non-hydrogen) atoms. The molecule has 0 aromatic heterocycles. The van der Waals surface area contributed by atoms with Gasteiger partial charge in [0.2, 0.25) is 0 Å². The summed E-state index contributed by atoms with van der Waals surface area (Å²) in [7, 11) is -4.69. The lowest BCUT2D eigenvalue weighted by Gasteiger charge is -2.35. The van der Waals surface area contributed by atoms with Crippen LogP contribution in [-0.2, 0) is 15.0 Å². The molecule has 15 heteroatoms. The molecule has 1 saturated heterocycles. The Bertz CT molecular complexity index is 945. The Kier molecular flexibility index (Phi) is 4.98. The van der Waals surface area contributed by atoms with E-state index >= 15 is 0 Å². The summed E-state index contributed by atoms with van der Waals surface area (Å²) >= 11 is 0. The molecule has 0 spiro atoms. The molecule has 1 heterocycles. The number of nitrogens with zero attached hydrogens (tertiary/aromatic N) is 1. The second-order valence-electron chi connectivity index (χ2n) is 5.21. The first kappa shape index (κ1) is 19.6. The number of hydrogen-bond acceptors (Lipinski definition) is 8. The number of primary amides is 1. The summed E-state index contributed by atoms with van der Waals surface area (Å²) in [6.07, 6.45) is -1.49. The number of β-lactam (4-membered cyclic amide) rings is 1. The molecule has 1 aliphatic heterocycles. The Morgan fingerprint density at radius 2 is 1.78 bits per heavy atom. The minimum Gasteiger partial charge on any atom is -0.504 e. The molecule has 0 unspecified atom stereocenters. The largest absolute Gasteiger partial charge is 0.504 e. The molecule has 0 bridgehead atoms. The van der Waals surface area contributed by atoms with Crippen LogP contribution < -0.4 is 20.5 Å². The summed E-state index contributed by atoms with van der Waals surface area (Å²) in [6, 6.07) is -1.17. The number of urea groups is 1. The Balaban J connectivity index is 2.11. The third-order valence-electron chi connectivity index (χ3n) is 3.32. The van der Waals surface area contributed by atoms with Gasteiger partial charge in [-0.2, -0.15) is 8.42 Å². The summed E-state index contributed by atoms with van der Waals surface area (Å²) in [5.74, 6) is -3.62. The van der Waals surface area contributed by atoms with Crippen molar-refractivity contribution in [2.45, 2.75) is 6.04 Å². The number of nitrogens with two attached hydrogens (primary N) is 1. The van der Waals surface area contributed by atoms with Crippen LogP contribution in [0.25, 0.3) is 0 Å². The van der Waals surface area contributed by atoms with Crippen LogP contribution in [0.2, 0.25) is 0 Å². The average molecular weight is 403 g/mol. The number of benzene rings is 1. The molecular formula is C12H13N5O9S. The molecule has 146 valence electrons. The fourth-order valence-electron chi connectivity index (χ4n) is 2.07. The molecule has 1 atom stereocenters. The van der Waals surface area contributed by atoms with Gasteiger partial charge in [0.25, 0.3) is 11.8 Å². The van der Waals surface area contributed by atoms with E-state index in [1.165, 1.54) is 4.72 Å². The fourth-order valence-corrected chi connectivity index (χ4v) is 2.92. The lowest BCUT2D eigenvalue weighted by atomic mass is 10.1. The van der Waals surface area contributed by atoms with Crippen molar-refractivity contribution in [2.75, 3.05) is 11.3 Å². The van der Waals surface area contributed by atoms with Crippen molar-refractivity contribution >= 4 is 39.8 Å². The summed E-state index contributed by atoms with van der Waals surface area (Å²) in [5, 5.41) is 29.1. The third kappa shape index (κ3) is 4.27. The van der Waals surface area contributed by atoms with Crippen molar-refractivity contribution in [2.24, 2.45) is 5.73 Å². The van der Waals surface area contributed by atoms with Crippen LogP contribution in [0.1, 0.15) is 10.4 Å². The van der Waals surface area contributed by atoms with E-state index < -0.39 is 62.9 Å². The number of rotatable bonds is 5. The van der Waals surface area contributed by atoms with Crippen molar-refractivity contribution < 1.29 is 42.9 Å². The first-order chi connectivity index (χ1) is 12.4. The van der Waals surface area contributed by atoms with Gasteiger partial charge >= 0.3 is 22.3 Å². The van der Waals surface area contributed by atoms with Crippen LogP contribution >= 0.6 is 0 Å². The van der Waals surface area contributed by atoms with Crippen LogP contribution in [0.4, 0.5) is 15.3 Å². The van der Waals surface area contributed by atoms with Gasteiger partial charge in [0.15, 0.2) is 11.5 Å². The van der Waals surface area contributed by atoms with E-state index in [0.717, 1.165) is 0 Å². The average Bonchev–Trinajstić information content (AvgIpc) is 2.52. The van der Waals surface area contributed by atoms with Gasteiger partial charge in [-0.25, -0.2) is 14.3 Å². The predicted molar refractivity (Wildman–Crippen MR) is 86.0 cm³/mol. The Morgan fingerprint density at radius 3 is 2.30 bits per heavy atom. The first-order valence-corrected chi connectivity index (χ1v) is 8.40. The molecule has 1 aromatic carbocycles. The van der Waals surface area contributed by atoms with Crippen molar-refractivity contribution in [3.8, 4) is 11.5 Å². The van der Waals surface area contributed by atoms with Gasteiger partial charge < -0.3 is 26.4 Å². The minimum atomic E-state index is -4.69. The van der Waals surface area contributed by atoms with Gasteiger partial charge in [-0.3, -0.25) is 19.2 Å². The van der Waals surface area contributed by atoms with Crippen LogP contribution in [0, 0.1) is 0 Å². The number of nitrogens with one attached hydrogen (secondary N) is 3. The van der Waals surface area contributed by atoms with Crippen molar-refractivity contribution in [3.05, 3.63) is 17.7 Å². The standard InChI is InChI=1S/C12H13N5O9S/c13-9(20)4-1-7(18)8(19)2-5(4)15-27(25,26)16-11(22)17-3-6(10(17)21)14-12(23)24/h1-2,6,14-15,18-19H,3H2,(H2,13,20)(H,16,22)(H,23,24)/t6-/m0/s1. The highest BCUT2D eigenvalue weighted by Crippen LogP contribution is 2.31. The maximum Gasteiger partial charge on any atom is 0.405 e. The highest BCUT2D eigenvalue weighted by Gasteiger charge is 2.42. The first-order valence-electron chi connectivity index (χ1n) is 6.92. The van der Waals surface area contributed by atoms with Crippen LogP contribution in [0.3, 0.4) is 0 Å². The van der Waals surface area contributed by atoms with Gasteiger partial charge in [-0.05, 0) is 6.07 Å². The summed E-state index contributed by atoms with van der Waals surface area (Å²) < 4.78 is 27.2. The number of aromatic hydroxyl groups is 2. The summed E-state index contributed by atoms with van der Waals surface area (Å²) in [4.78, 5) is 45.6. The fraction of sp³-hybridized carbons (Fsp3) is 0.167. The molecule has 0 saturated carbocycles. The number of carboxylic acid groups (broad SMARTS) is 1. The molecule has 1 aromatic rings. The number of imide groups is 1. The molecule has 8 N–H and O–H groups in total. The zero-order valence-corrected chi connectivity index (χ0v) is 14.0. The van der Waals surface area contributed by atoms with Gasteiger partial charge in [-0.1, -0.05) is 0 Å². The smallest absolute Gasteiger partial charge is 0.405 e. The number of likely N-dealkylation sites (tertiary alicyclic amines) is 1. The maximum absolute atomic E-state index is 12.0. The zero-order valence-electron chi connectivity index (χ0n) is 13.2. The lowest BCUT2D eigenvalue weighted by Crippen LogP contribution is -2.67. The van der Waals surface area contributed by atoms with Crippen molar-refractivity contribution in [1.29, 1.82) is 0 Å². The number of amides is 5. The van der Waals surface area contributed by atoms with Gasteiger partial charge in [0.05, 0.1) is 17.8 Å². The second kappa shape index (κ2) is 6.87. The summed E-state index contributed by atoms with van der Waals surface area (Å²) in [6.45, 7) is -0.390. The second-order valence-corrected chi connectivity index (χ2v) is 6.63. The SMILES string of the molecule is NC(=O)c1cc(O)c(O)cc1NS(=O)(=O)NC(=O)N1C[C@H](NC(=O)O)C1=O. The van der Waals surface area contributed by atoms with Crippen molar-refractivity contribution in [1.82, 2.24) is 14.9 Å². The van der Waals surface area contributed by atoms with E-state index in [4.69, 9.17) is 10.8 Å². The Morgan fingerprint density at radius 1 is 1.19 bits per heavy atom. The lowest BCUT2D eigenvalue weighted by molar-refractivity contribution is -0.138. The van der Waals surface area contributed by atoms with Gasteiger partial charge in [-0.15, -0.1) is 0 Å². The predicted octanol–water partition coefficient (Wildman–Crippen LogP) is -1.96. The van der Waals surface area contributed by atoms with Crippen LogP contribution in [0.15, 0.2) is 12.1 Å². The number of carbonyl (C=O) groups is 4. The van der Waals surface area contributed by atoms with Gasteiger partial charge in [0.1, 0.15) is 6.04 Å². The molecule has 1 fully saturated rings. The normalized spacial score (nSPS) is 16.2. The minimum absolute atomic E-state index is 0.390. The number of carbonyl (C=O) groups excluding carboxylic acids is 3. The maximum atomic E-state index is 12.0. The Labute approximate surface area is 150 Å². The molecule has 1 aliphatic rings. The number of anilines is 1. The Hall–Kier alpha value is -3.75. The number of hydrogen-bond donors (Lipinski definition) is 7. The highest BCUT2D eigenvalue weighted by atomic mass is 32.2. The van der Waals surface area contributed by atoms with Crippen molar-refractivity contribution in [3.63, 3.8) is 0 Å². The number of phenols is 2. The zero-order chi connectivity index (χ0) is 20.5. The van der Waals surface area contributed by atoms with E-state index in [1.54, 1.807) is 4.72 Å². The molecule has 2 rings (SSSR count). The van der Waals surface area contributed by atoms with E-state index in [1.807, 2.05) is 5.32 Å². The summed E-state index contributed by atoms with van der Waals surface area (Å²) in [5.41, 5.74) is 4.00. The van der Waals surface area contributed by atoms with E-state index in [9.17, 15) is 37.8 Å². The molecule has 5 amide bonds. The van der Waals surface area contributed by atoms with E-state index in [-0.39, 0.29) is 6.54 Å². The van der Waals surface area contributed by atoms with E-state index in [2.05, 4.69) is 0 Å². The molecule has 14 nitrogen and oxygen atoms in total. The monoisotopic (exact) mass is 403 g/mol. The van der Waals surface area contributed by atoms with Crippen LogP contribution in [0.5, 0.6) is 11.5 Å². The topological polar surface area (TPSA) is 228 Å².